The van der Waals surface area contributed by atoms with Gasteiger partial charge in [-0.05, 0) is 12.5 Å². The van der Waals surface area contributed by atoms with E-state index in [4.69, 9.17) is 0 Å². The van der Waals surface area contributed by atoms with E-state index in [2.05, 4.69) is 17.4 Å². The standard InChI is InChI=1S/C9H12N/c1-2-10-8-9-6-4-3-5-7-9/h2-7,10H,8H2,1H3. The van der Waals surface area contributed by atoms with Gasteiger partial charge in [0.05, 0.1) is 0 Å². The van der Waals surface area contributed by atoms with Crippen LogP contribution in [-0.4, -0.2) is 0 Å². The molecule has 10 heavy (non-hydrogen) atoms. The van der Waals surface area contributed by atoms with Gasteiger partial charge in [0.1, 0.15) is 0 Å². The molecule has 0 aliphatic carbocycles. The molecule has 1 heteroatoms. The lowest BCUT2D eigenvalue weighted by Crippen LogP contribution is -2.06. The van der Waals surface area contributed by atoms with E-state index in [-0.39, 0.29) is 0 Å². The van der Waals surface area contributed by atoms with Crippen molar-refractivity contribution >= 4 is 0 Å². The van der Waals surface area contributed by atoms with Crippen molar-refractivity contribution in [2.45, 2.75) is 13.5 Å². The second-order valence-corrected chi connectivity index (χ2v) is 2.16. The van der Waals surface area contributed by atoms with Crippen LogP contribution < -0.4 is 5.32 Å². The summed E-state index contributed by atoms with van der Waals surface area (Å²) in [6.07, 6.45) is 0. The number of benzene rings is 1. The lowest BCUT2D eigenvalue weighted by molar-refractivity contribution is 0.805. The average Bonchev–Trinajstić information content (AvgIpc) is 2.03. The molecule has 0 unspecified atom stereocenters. The van der Waals surface area contributed by atoms with E-state index in [1.807, 2.05) is 31.7 Å². The fourth-order valence-electron chi connectivity index (χ4n) is 0.816. The molecule has 53 valence electrons. The first kappa shape index (κ1) is 7.29. The second kappa shape index (κ2) is 4.07. The SMILES string of the molecule is C[CH]NCc1ccccc1. The van der Waals surface area contributed by atoms with E-state index >= 15 is 0 Å². The Bertz CT molecular complexity index is 169. The quantitative estimate of drug-likeness (QED) is 0.666. The summed E-state index contributed by atoms with van der Waals surface area (Å²) in [7, 11) is 0. The summed E-state index contributed by atoms with van der Waals surface area (Å²) >= 11 is 0. The van der Waals surface area contributed by atoms with Gasteiger partial charge in [-0.25, -0.2) is 0 Å². The van der Waals surface area contributed by atoms with Crippen molar-refractivity contribution in [2.24, 2.45) is 0 Å². The van der Waals surface area contributed by atoms with Crippen molar-refractivity contribution in [1.82, 2.24) is 5.32 Å². The Morgan fingerprint density at radius 2 is 2.00 bits per heavy atom. The summed E-state index contributed by atoms with van der Waals surface area (Å²) in [5.74, 6) is 0. The van der Waals surface area contributed by atoms with Crippen LogP contribution in [0.3, 0.4) is 0 Å². The molecular weight excluding hydrogens is 122 g/mol. The molecular formula is C9H12N. The molecule has 0 aliphatic heterocycles. The first-order valence-electron chi connectivity index (χ1n) is 3.48. The first-order valence-corrected chi connectivity index (χ1v) is 3.48. The van der Waals surface area contributed by atoms with Crippen LogP contribution in [0.15, 0.2) is 30.3 Å². The Labute approximate surface area is 62.1 Å². The molecule has 0 amide bonds. The van der Waals surface area contributed by atoms with Crippen LogP contribution in [-0.2, 0) is 6.54 Å². The van der Waals surface area contributed by atoms with Gasteiger partial charge in [0, 0.05) is 13.1 Å². The smallest absolute Gasteiger partial charge is 0.0208 e. The third kappa shape index (κ3) is 2.19. The molecule has 0 spiro atoms. The topological polar surface area (TPSA) is 12.0 Å². The van der Waals surface area contributed by atoms with Crippen LogP contribution in [0, 0.1) is 6.54 Å². The van der Waals surface area contributed by atoms with Crippen molar-refractivity contribution in [1.29, 1.82) is 0 Å². The highest BCUT2D eigenvalue weighted by molar-refractivity contribution is 5.14. The molecule has 1 radical (unpaired) electrons. The van der Waals surface area contributed by atoms with E-state index in [0.717, 1.165) is 6.54 Å². The predicted octanol–water partition coefficient (Wildman–Crippen LogP) is 1.96. The van der Waals surface area contributed by atoms with Crippen molar-refractivity contribution < 1.29 is 0 Å². The molecule has 1 rings (SSSR count). The Hall–Kier alpha value is -0.820. The lowest BCUT2D eigenvalue weighted by Gasteiger charge is -1.98. The molecule has 0 bridgehead atoms. The Morgan fingerprint density at radius 3 is 2.60 bits per heavy atom. The van der Waals surface area contributed by atoms with Crippen molar-refractivity contribution in [2.75, 3.05) is 0 Å². The summed E-state index contributed by atoms with van der Waals surface area (Å²) in [5, 5.41) is 3.14. The molecule has 0 saturated heterocycles. The number of hydrogen-bond acceptors (Lipinski definition) is 1. The summed E-state index contributed by atoms with van der Waals surface area (Å²) < 4.78 is 0. The van der Waals surface area contributed by atoms with Crippen LogP contribution in [0.25, 0.3) is 0 Å². The zero-order valence-electron chi connectivity index (χ0n) is 6.17. The fourth-order valence-corrected chi connectivity index (χ4v) is 0.816. The minimum absolute atomic E-state index is 0.928. The fraction of sp³-hybridized carbons (Fsp3) is 0.222. The maximum absolute atomic E-state index is 3.14. The highest BCUT2D eigenvalue weighted by Gasteiger charge is 1.85. The number of hydrogen-bond donors (Lipinski definition) is 1. The molecule has 0 aromatic heterocycles. The van der Waals surface area contributed by atoms with E-state index in [1.165, 1.54) is 5.56 Å². The summed E-state index contributed by atoms with van der Waals surface area (Å²) in [5.41, 5.74) is 1.32. The van der Waals surface area contributed by atoms with E-state index in [1.54, 1.807) is 0 Å². The highest BCUT2D eigenvalue weighted by Crippen LogP contribution is 1.96. The molecule has 1 N–H and O–H groups in total. The summed E-state index contributed by atoms with van der Waals surface area (Å²) in [4.78, 5) is 0. The lowest BCUT2D eigenvalue weighted by atomic mass is 10.2. The minimum Gasteiger partial charge on any atom is -0.309 e. The van der Waals surface area contributed by atoms with Gasteiger partial charge in [-0.2, -0.15) is 0 Å². The molecule has 0 heterocycles. The van der Waals surface area contributed by atoms with E-state index < -0.39 is 0 Å². The van der Waals surface area contributed by atoms with Crippen LogP contribution >= 0.6 is 0 Å². The average molecular weight is 134 g/mol. The largest absolute Gasteiger partial charge is 0.309 e. The first-order chi connectivity index (χ1) is 4.93. The van der Waals surface area contributed by atoms with Crippen LogP contribution in [0.4, 0.5) is 0 Å². The van der Waals surface area contributed by atoms with Crippen LogP contribution in [0.1, 0.15) is 12.5 Å². The van der Waals surface area contributed by atoms with Gasteiger partial charge in [0.15, 0.2) is 0 Å². The second-order valence-electron chi connectivity index (χ2n) is 2.16. The van der Waals surface area contributed by atoms with Crippen molar-refractivity contribution in [3.63, 3.8) is 0 Å². The van der Waals surface area contributed by atoms with E-state index in [0.29, 0.717) is 0 Å². The maximum atomic E-state index is 3.14. The monoisotopic (exact) mass is 134 g/mol. The highest BCUT2D eigenvalue weighted by atomic mass is 14.8. The zero-order valence-corrected chi connectivity index (χ0v) is 6.17. The molecule has 1 aromatic carbocycles. The Kier molecular flexibility index (Phi) is 2.97. The Balaban J connectivity index is 2.43. The predicted molar refractivity (Wildman–Crippen MR) is 43.3 cm³/mol. The van der Waals surface area contributed by atoms with Crippen LogP contribution in [0.2, 0.25) is 0 Å². The number of nitrogens with one attached hydrogen (secondary N) is 1. The van der Waals surface area contributed by atoms with Crippen molar-refractivity contribution in [3.05, 3.63) is 42.4 Å². The van der Waals surface area contributed by atoms with Crippen molar-refractivity contribution in [3.8, 4) is 0 Å². The van der Waals surface area contributed by atoms with Gasteiger partial charge in [0.2, 0.25) is 0 Å². The molecule has 0 saturated carbocycles. The molecule has 0 fully saturated rings. The minimum atomic E-state index is 0.928. The Morgan fingerprint density at radius 1 is 1.30 bits per heavy atom. The van der Waals surface area contributed by atoms with Gasteiger partial charge in [-0.1, -0.05) is 30.3 Å². The zero-order chi connectivity index (χ0) is 7.23. The summed E-state index contributed by atoms with van der Waals surface area (Å²) in [6.45, 7) is 4.87. The van der Waals surface area contributed by atoms with Crippen LogP contribution in [0.5, 0.6) is 0 Å². The number of rotatable bonds is 3. The van der Waals surface area contributed by atoms with Gasteiger partial charge in [0.25, 0.3) is 0 Å². The van der Waals surface area contributed by atoms with E-state index in [9.17, 15) is 0 Å². The maximum Gasteiger partial charge on any atom is 0.0208 e. The third-order valence-corrected chi connectivity index (χ3v) is 1.35. The molecule has 1 aromatic rings. The molecule has 0 atom stereocenters. The third-order valence-electron chi connectivity index (χ3n) is 1.35. The van der Waals surface area contributed by atoms with Gasteiger partial charge in [-0.15, -0.1) is 0 Å². The normalized spacial score (nSPS) is 9.70. The van der Waals surface area contributed by atoms with Gasteiger partial charge < -0.3 is 5.32 Å². The van der Waals surface area contributed by atoms with Gasteiger partial charge >= 0.3 is 0 Å². The molecule has 1 nitrogen and oxygen atoms in total. The summed E-state index contributed by atoms with van der Waals surface area (Å²) in [6, 6.07) is 10.3. The van der Waals surface area contributed by atoms with Gasteiger partial charge in [-0.3, -0.25) is 0 Å². The molecule has 0 aliphatic rings.